The Bertz CT molecular complexity index is 888. The molecule has 0 aliphatic carbocycles. The maximum Gasteiger partial charge on any atom is 0.183 e. The predicted molar refractivity (Wildman–Crippen MR) is 92.7 cm³/mol. The van der Waals surface area contributed by atoms with E-state index in [4.69, 9.17) is 16.8 Å². The van der Waals surface area contributed by atoms with Gasteiger partial charge in [-0.15, -0.1) is 0 Å². The number of hydrogen-bond acceptors (Lipinski definition) is 6. The zero-order valence-electron chi connectivity index (χ0n) is 13.1. The molecule has 7 nitrogen and oxygen atoms in total. The highest BCUT2D eigenvalue weighted by Gasteiger charge is 2.12. The summed E-state index contributed by atoms with van der Waals surface area (Å²) in [7, 11) is 0. The molecule has 0 saturated carbocycles. The standard InChI is InChI=1S/C16H15ClN6O/c1-10-7-11(2)23(22-10)16-14(8-19-24)18-9-15(21-16)20-13-5-3-12(17)4-6-13/h3-9,24H,1-2H3,(H,20,21)/b19-8+. The van der Waals surface area contributed by atoms with E-state index in [1.54, 1.807) is 23.0 Å². The third-order valence-electron chi connectivity index (χ3n) is 3.29. The van der Waals surface area contributed by atoms with E-state index in [1.165, 1.54) is 6.21 Å². The predicted octanol–water partition coefficient (Wildman–Crippen LogP) is 3.48. The van der Waals surface area contributed by atoms with Gasteiger partial charge in [0.25, 0.3) is 0 Å². The van der Waals surface area contributed by atoms with E-state index in [9.17, 15) is 0 Å². The van der Waals surface area contributed by atoms with Crippen LogP contribution < -0.4 is 5.32 Å². The molecule has 2 aromatic heterocycles. The number of halogens is 1. The fourth-order valence-electron chi connectivity index (χ4n) is 2.27. The van der Waals surface area contributed by atoms with Gasteiger partial charge >= 0.3 is 0 Å². The van der Waals surface area contributed by atoms with Crippen molar-refractivity contribution in [2.45, 2.75) is 13.8 Å². The van der Waals surface area contributed by atoms with Gasteiger partial charge in [-0.2, -0.15) is 5.10 Å². The largest absolute Gasteiger partial charge is 0.411 e. The van der Waals surface area contributed by atoms with Crippen LogP contribution in [0.5, 0.6) is 0 Å². The summed E-state index contributed by atoms with van der Waals surface area (Å²) in [6.07, 6.45) is 2.78. The fourth-order valence-corrected chi connectivity index (χ4v) is 2.40. The zero-order chi connectivity index (χ0) is 17.1. The van der Waals surface area contributed by atoms with E-state index in [1.807, 2.05) is 32.0 Å². The SMILES string of the molecule is Cc1cc(C)n(-c2nc(Nc3ccc(Cl)cc3)cnc2/C=N/O)n1. The van der Waals surface area contributed by atoms with Crippen LogP contribution in [-0.2, 0) is 0 Å². The summed E-state index contributed by atoms with van der Waals surface area (Å²) in [6.45, 7) is 3.81. The maximum absolute atomic E-state index is 8.84. The number of anilines is 2. The van der Waals surface area contributed by atoms with Gasteiger partial charge in [-0.1, -0.05) is 16.8 Å². The third-order valence-corrected chi connectivity index (χ3v) is 3.54. The number of oxime groups is 1. The zero-order valence-corrected chi connectivity index (χ0v) is 13.9. The Morgan fingerprint density at radius 3 is 2.62 bits per heavy atom. The molecule has 0 aliphatic rings. The Morgan fingerprint density at radius 2 is 2.00 bits per heavy atom. The molecule has 0 amide bonds. The van der Waals surface area contributed by atoms with Gasteiger partial charge in [0, 0.05) is 16.4 Å². The van der Waals surface area contributed by atoms with Crippen molar-refractivity contribution in [2.75, 3.05) is 5.32 Å². The summed E-state index contributed by atoms with van der Waals surface area (Å²) in [6, 6.07) is 9.19. The summed E-state index contributed by atoms with van der Waals surface area (Å²) < 4.78 is 1.66. The highest BCUT2D eigenvalue weighted by molar-refractivity contribution is 6.30. The molecule has 2 N–H and O–H groups in total. The number of nitrogens with one attached hydrogen (secondary N) is 1. The fraction of sp³-hybridized carbons (Fsp3) is 0.125. The lowest BCUT2D eigenvalue weighted by Crippen LogP contribution is -2.10. The highest BCUT2D eigenvalue weighted by Crippen LogP contribution is 2.19. The van der Waals surface area contributed by atoms with Crippen LogP contribution in [0.2, 0.25) is 5.02 Å². The Labute approximate surface area is 143 Å². The molecular formula is C16H15ClN6O. The van der Waals surface area contributed by atoms with Crippen molar-refractivity contribution in [1.29, 1.82) is 0 Å². The van der Waals surface area contributed by atoms with Gasteiger partial charge in [0.2, 0.25) is 0 Å². The van der Waals surface area contributed by atoms with E-state index < -0.39 is 0 Å². The lowest BCUT2D eigenvalue weighted by atomic mass is 10.3. The van der Waals surface area contributed by atoms with Crippen molar-refractivity contribution in [2.24, 2.45) is 5.16 Å². The highest BCUT2D eigenvalue weighted by atomic mass is 35.5. The summed E-state index contributed by atoms with van der Waals surface area (Å²) in [5.74, 6) is 1.01. The van der Waals surface area contributed by atoms with Gasteiger partial charge in [-0.05, 0) is 44.2 Å². The molecule has 3 rings (SSSR count). The molecule has 0 unspecified atom stereocenters. The van der Waals surface area contributed by atoms with Gasteiger partial charge < -0.3 is 10.5 Å². The average Bonchev–Trinajstić information content (AvgIpc) is 2.90. The maximum atomic E-state index is 8.84. The van der Waals surface area contributed by atoms with Crippen molar-refractivity contribution in [1.82, 2.24) is 19.7 Å². The van der Waals surface area contributed by atoms with Crippen LogP contribution in [0.1, 0.15) is 17.1 Å². The van der Waals surface area contributed by atoms with E-state index in [-0.39, 0.29) is 0 Å². The summed E-state index contributed by atoms with van der Waals surface area (Å²) in [5, 5.41) is 20.1. The van der Waals surface area contributed by atoms with Crippen LogP contribution >= 0.6 is 11.6 Å². The molecule has 0 radical (unpaired) electrons. The first-order chi connectivity index (χ1) is 11.6. The van der Waals surface area contributed by atoms with Gasteiger partial charge in [0.15, 0.2) is 11.6 Å². The van der Waals surface area contributed by atoms with E-state index in [2.05, 4.69) is 25.5 Å². The monoisotopic (exact) mass is 342 g/mol. The van der Waals surface area contributed by atoms with Crippen molar-refractivity contribution in [3.8, 4) is 5.82 Å². The second kappa shape index (κ2) is 6.67. The molecule has 0 fully saturated rings. The number of aryl methyl sites for hydroxylation is 2. The summed E-state index contributed by atoms with van der Waals surface area (Å²) >= 11 is 5.89. The van der Waals surface area contributed by atoms with Gasteiger partial charge in [0.05, 0.1) is 18.1 Å². The second-order valence-electron chi connectivity index (χ2n) is 5.18. The minimum absolute atomic E-state index is 0.408. The van der Waals surface area contributed by atoms with Gasteiger partial charge in [-0.25, -0.2) is 14.6 Å². The molecule has 3 aromatic rings. The first kappa shape index (κ1) is 15.9. The quantitative estimate of drug-likeness (QED) is 0.430. The smallest absolute Gasteiger partial charge is 0.183 e. The molecule has 1 aromatic carbocycles. The Balaban J connectivity index is 2.02. The normalized spacial score (nSPS) is 11.1. The van der Waals surface area contributed by atoms with Gasteiger partial charge in [0.1, 0.15) is 5.69 Å². The van der Waals surface area contributed by atoms with Crippen LogP contribution in [0.25, 0.3) is 5.82 Å². The third kappa shape index (κ3) is 3.36. The Morgan fingerprint density at radius 1 is 1.25 bits per heavy atom. The number of nitrogens with zero attached hydrogens (tertiary/aromatic N) is 5. The number of aromatic nitrogens is 4. The lowest BCUT2D eigenvalue weighted by Gasteiger charge is -2.10. The molecule has 122 valence electrons. The topological polar surface area (TPSA) is 88.2 Å². The molecule has 0 atom stereocenters. The molecule has 0 spiro atoms. The van der Waals surface area contributed by atoms with Crippen LogP contribution in [0, 0.1) is 13.8 Å². The van der Waals surface area contributed by atoms with Crippen LogP contribution in [0.3, 0.4) is 0 Å². The molecule has 2 heterocycles. The lowest BCUT2D eigenvalue weighted by molar-refractivity contribution is 0.321. The van der Waals surface area contributed by atoms with Crippen LogP contribution in [0.4, 0.5) is 11.5 Å². The first-order valence-electron chi connectivity index (χ1n) is 7.17. The molecule has 0 saturated heterocycles. The number of benzene rings is 1. The second-order valence-corrected chi connectivity index (χ2v) is 5.62. The van der Waals surface area contributed by atoms with Crippen LogP contribution in [0.15, 0.2) is 41.7 Å². The molecule has 24 heavy (non-hydrogen) atoms. The molecule has 8 heteroatoms. The number of rotatable bonds is 4. The van der Waals surface area contributed by atoms with Crippen molar-refractivity contribution in [3.05, 3.63) is 58.6 Å². The summed E-state index contributed by atoms with van der Waals surface area (Å²) in [5.41, 5.74) is 3.00. The molecule has 0 aliphatic heterocycles. The number of hydrogen-bond donors (Lipinski definition) is 2. The van der Waals surface area contributed by atoms with Crippen molar-refractivity contribution >= 4 is 29.3 Å². The minimum Gasteiger partial charge on any atom is -0.411 e. The van der Waals surface area contributed by atoms with Crippen molar-refractivity contribution in [3.63, 3.8) is 0 Å². The Hall–Kier alpha value is -2.93. The minimum atomic E-state index is 0.408. The van der Waals surface area contributed by atoms with Crippen molar-refractivity contribution < 1.29 is 5.21 Å². The summed E-state index contributed by atoms with van der Waals surface area (Å²) in [4.78, 5) is 8.83. The molecular weight excluding hydrogens is 328 g/mol. The van der Waals surface area contributed by atoms with E-state index in [0.717, 1.165) is 17.1 Å². The average molecular weight is 343 g/mol. The Kier molecular flexibility index (Phi) is 4.43. The van der Waals surface area contributed by atoms with E-state index in [0.29, 0.717) is 22.4 Å². The van der Waals surface area contributed by atoms with Gasteiger partial charge in [-0.3, -0.25) is 0 Å². The van der Waals surface area contributed by atoms with E-state index >= 15 is 0 Å². The first-order valence-corrected chi connectivity index (χ1v) is 7.55. The van der Waals surface area contributed by atoms with Crippen LogP contribution in [-0.4, -0.2) is 31.2 Å². The molecule has 0 bridgehead atoms.